The first kappa shape index (κ1) is 26.4. The molecular weight excluding hydrogens is 450 g/mol. The number of carbonyl (C=O) groups excluding carboxylic acids is 2. The van der Waals surface area contributed by atoms with Gasteiger partial charge in [0, 0.05) is 11.3 Å². The second kappa shape index (κ2) is 13.0. The fourth-order valence-electron chi connectivity index (χ4n) is 4.06. The summed E-state index contributed by atoms with van der Waals surface area (Å²) in [6.45, 7) is 6.22. The number of amides is 1. The maximum absolute atomic E-state index is 12.3. The fraction of sp³-hybridized carbons (Fsp3) is 0.556. The molecular formula is C27H37NO5S. The zero-order valence-electron chi connectivity index (χ0n) is 20.4. The van der Waals surface area contributed by atoms with E-state index in [9.17, 15) is 14.7 Å². The van der Waals surface area contributed by atoms with E-state index >= 15 is 0 Å². The molecule has 0 saturated carbocycles. The lowest BCUT2D eigenvalue weighted by molar-refractivity contribution is -0.119. The largest absolute Gasteiger partial charge is 0.459 e. The van der Waals surface area contributed by atoms with Gasteiger partial charge in [0.15, 0.2) is 0 Å². The van der Waals surface area contributed by atoms with E-state index in [0.29, 0.717) is 17.9 Å². The average Bonchev–Trinajstić information content (AvgIpc) is 3.46. The van der Waals surface area contributed by atoms with Crippen molar-refractivity contribution in [3.05, 3.63) is 57.3 Å². The van der Waals surface area contributed by atoms with Crippen molar-refractivity contribution in [3.8, 4) is 0 Å². The minimum atomic E-state index is -0.474. The quantitative estimate of drug-likeness (QED) is 0.280. The van der Waals surface area contributed by atoms with Gasteiger partial charge < -0.3 is 19.9 Å². The summed E-state index contributed by atoms with van der Waals surface area (Å²) >= 11 is 1.36. The van der Waals surface area contributed by atoms with Crippen LogP contribution in [-0.2, 0) is 14.3 Å². The van der Waals surface area contributed by atoms with E-state index in [1.54, 1.807) is 6.07 Å². The zero-order chi connectivity index (χ0) is 24.5. The molecule has 1 fully saturated rings. The van der Waals surface area contributed by atoms with Crippen molar-refractivity contribution >= 4 is 23.2 Å². The van der Waals surface area contributed by atoms with Gasteiger partial charge in [-0.3, -0.25) is 4.79 Å². The second-order valence-electron chi connectivity index (χ2n) is 9.20. The first-order chi connectivity index (χ1) is 16.4. The van der Waals surface area contributed by atoms with Gasteiger partial charge in [-0.15, -0.1) is 11.3 Å². The molecule has 3 atom stereocenters. The molecule has 0 aliphatic carbocycles. The summed E-state index contributed by atoms with van der Waals surface area (Å²) in [6, 6.07) is 11.5. The van der Waals surface area contributed by atoms with Crippen LogP contribution >= 0.6 is 11.3 Å². The van der Waals surface area contributed by atoms with Gasteiger partial charge in [0.1, 0.15) is 11.0 Å². The van der Waals surface area contributed by atoms with Crippen LogP contribution in [0.2, 0.25) is 0 Å². The molecule has 1 saturated heterocycles. The van der Waals surface area contributed by atoms with Crippen molar-refractivity contribution in [2.24, 2.45) is 0 Å². The van der Waals surface area contributed by atoms with Crippen molar-refractivity contribution in [2.75, 3.05) is 6.61 Å². The van der Waals surface area contributed by atoms with E-state index in [1.165, 1.54) is 24.2 Å². The number of unbranched alkanes of at least 4 members (excludes halogenated alkanes) is 3. The molecule has 7 heteroatoms. The number of benzene rings is 1. The van der Waals surface area contributed by atoms with Gasteiger partial charge in [-0.2, -0.15) is 0 Å². The lowest BCUT2D eigenvalue weighted by Gasteiger charge is -2.21. The Kier molecular flexibility index (Phi) is 10.1. The van der Waals surface area contributed by atoms with E-state index < -0.39 is 6.10 Å². The molecule has 0 radical (unpaired) electrons. The highest BCUT2D eigenvalue weighted by Crippen LogP contribution is 2.33. The van der Waals surface area contributed by atoms with Gasteiger partial charge in [-0.1, -0.05) is 56.9 Å². The molecule has 3 rings (SSSR count). The number of carbonyl (C=O) groups is 2. The van der Waals surface area contributed by atoms with E-state index in [-0.39, 0.29) is 30.1 Å². The summed E-state index contributed by atoms with van der Waals surface area (Å²) in [4.78, 5) is 25.4. The van der Waals surface area contributed by atoms with E-state index in [2.05, 4.69) is 12.2 Å². The number of hydrogen-bond acceptors (Lipinski definition) is 6. The number of thiophene rings is 1. The normalized spacial score (nSPS) is 17.6. The van der Waals surface area contributed by atoms with Gasteiger partial charge in [-0.05, 0) is 49.9 Å². The van der Waals surface area contributed by atoms with Crippen LogP contribution in [-0.4, -0.2) is 35.7 Å². The Morgan fingerprint density at radius 2 is 1.85 bits per heavy atom. The van der Waals surface area contributed by atoms with Crippen LogP contribution in [0.1, 0.15) is 104 Å². The molecule has 1 aromatic carbocycles. The molecule has 2 aromatic rings. The number of nitrogens with one attached hydrogen (secondary N) is 1. The summed E-state index contributed by atoms with van der Waals surface area (Å²) in [6.07, 6.45) is 5.52. The standard InChI is InChI=1S/C27H37NO5S/c1-4-5-6-7-8-22(29)19-9-11-20(12-10-19)26(32-17-21-13-16-25(30)28-21)23-14-15-24(34-23)27(31)33-18(2)3/h9-12,14-15,18,21-22,26,29H,4-8,13,16-17H2,1-3H3,(H,28,30)/t21?,22?,26-/m1/s1. The third-order valence-corrected chi connectivity index (χ3v) is 7.04. The van der Waals surface area contributed by atoms with Crippen LogP contribution in [0, 0.1) is 0 Å². The van der Waals surface area contributed by atoms with E-state index in [1.807, 2.05) is 44.2 Å². The summed E-state index contributed by atoms with van der Waals surface area (Å²) in [5, 5.41) is 13.5. The lowest BCUT2D eigenvalue weighted by Crippen LogP contribution is -2.30. The van der Waals surface area contributed by atoms with Crippen LogP contribution in [0.5, 0.6) is 0 Å². The van der Waals surface area contributed by atoms with Crippen molar-refractivity contribution in [1.29, 1.82) is 0 Å². The van der Waals surface area contributed by atoms with Crippen molar-refractivity contribution in [2.45, 2.75) is 90.1 Å². The smallest absolute Gasteiger partial charge is 0.348 e. The van der Waals surface area contributed by atoms with Gasteiger partial charge in [0.05, 0.1) is 24.9 Å². The summed E-state index contributed by atoms with van der Waals surface area (Å²) in [5.74, 6) is -0.285. The van der Waals surface area contributed by atoms with Crippen molar-refractivity contribution < 1.29 is 24.2 Å². The van der Waals surface area contributed by atoms with Gasteiger partial charge in [-0.25, -0.2) is 4.79 Å². The molecule has 2 unspecified atom stereocenters. The lowest BCUT2D eigenvalue weighted by atomic mass is 9.99. The molecule has 1 aliphatic heterocycles. The molecule has 6 nitrogen and oxygen atoms in total. The maximum atomic E-state index is 12.3. The van der Waals surface area contributed by atoms with Gasteiger partial charge >= 0.3 is 5.97 Å². The Bertz CT molecular complexity index is 923. The molecule has 186 valence electrons. The highest BCUT2D eigenvalue weighted by atomic mass is 32.1. The highest BCUT2D eigenvalue weighted by Gasteiger charge is 2.25. The predicted octanol–water partition coefficient (Wildman–Crippen LogP) is 5.70. The molecule has 1 amide bonds. The summed E-state index contributed by atoms with van der Waals surface area (Å²) in [7, 11) is 0. The monoisotopic (exact) mass is 487 g/mol. The summed E-state index contributed by atoms with van der Waals surface area (Å²) in [5.41, 5.74) is 1.84. The second-order valence-corrected chi connectivity index (χ2v) is 10.3. The first-order valence-corrected chi connectivity index (χ1v) is 13.2. The molecule has 0 spiro atoms. The molecule has 0 bridgehead atoms. The molecule has 34 heavy (non-hydrogen) atoms. The Morgan fingerprint density at radius 3 is 2.50 bits per heavy atom. The van der Waals surface area contributed by atoms with Crippen molar-refractivity contribution in [3.63, 3.8) is 0 Å². The molecule has 2 N–H and O–H groups in total. The molecule has 1 aliphatic rings. The Hall–Kier alpha value is -2.22. The molecule has 1 aromatic heterocycles. The Balaban J connectivity index is 1.73. The topological polar surface area (TPSA) is 84.9 Å². The Morgan fingerprint density at radius 1 is 1.12 bits per heavy atom. The maximum Gasteiger partial charge on any atom is 0.348 e. The van der Waals surface area contributed by atoms with Crippen LogP contribution in [0.25, 0.3) is 0 Å². The van der Waals surface area contributed by atoms with Crippen LogP contribution < -0.4 is 5.32 Å². The van der Waals surface area contributed by atoms with Gasteiger partial charge in [0.25, 0.3) is 0 Å². The number of hydrogen-bond donors (Lipinski definition) is 2. The highest BCUT2D eigenvalue weighted by molar-refractivity contribution is 7.14. The average molecular weight is 488 g/mol. The minimum Gasteiger partial charge on any atom is -0.459 e. The van der Waals surface area contributed by atoms with Gasteiger partial charge in [0.2, 0.25) is 5.91 Å². The fourth-order valence-corrected chi connectivity index (χ4v) is 5.03. The first-order valence-electron chi connectivity index (χ1n) is 12.4. The van der Waals surface area contributed by atoms with Crippen LogP contribution in [0.4, 0.5) is 0 Å². The van der Waals surface area contributed by atoms with E-state index in [0.717, 1.165) is 41.7 Å². The number of rotatable bonds is 13. The molecule has 2 heterocycles. The third-order valence-electron chi connectivity index (χ3n) is 5.93. The third kappa shape index (κ3) is 7.65. The number of aliphatic hydroxyl groups excluding tert-OH is 1. The zero-order valence-corrected chi connectivity index (χ0v) is 21.2. The van der Waals surface area contributed by atoms with Crippen molar-refractivity contribution in [1.82, 2.24) is 5.32 Å². The number of aliphatic hydroxyl groups is 1. The van der Waals surface area contributed by atoms with E-state index in [4.69, 9.17) is 9.47 Å². The predicted molar refractivity (Wildman–Crippen MR) is 134 cm³/mol. The Labute approximate surface area is 206 Å². The van der Waals surface area contributed by atoms with Crippen LogP contribution in [0.3, 0.4) is 0 Å². The van der Waals surface area contributed by atoms with Crippen LogP contribution in [0.15, 0.2) is 36.4 Å². The SMILES string of the molecule is CCCCCCC(O)c1ccc([C@@H](OCC2CCC(=O)N2)c2ccc(C(=O)OC(C)C)s2)cc1. The summed E-state index contributed by atoms with van der Waals surface area (Å²) < 4.78 is 11.6. The number of esters is 1. The number of ether oxygens (including phenoxy) is 2. The minimum absolute atomic E-state index is 0.00967.